The van der Waals surface area contributed by atoms with Crippen molar-refractivity contribution < 1.29 is 0 Å². The van der Waals surface area contributed by atoms with E-state index in [1.54, 1.807) is 0 Å². The van der Waals surface area contributed by atoms with Crippen LogP contribution in [0, 0.1) is 0 Å². The van der Waals surface area contributed by atoms with Crippen molar-refractivity contribution in [3.63, 3.8) is 0 Å². The minimum absolute atomic E-state index is 0.245. The zero-order chi connectivity index (χ0) is 10.3. The van der Waals surface area contributed by atoms with Crippen LogP contribution in [-0.2, 0) is 5.41 Å². The van der Waals surface area contributed by atoms with Gasteiger partial charge in [-0.05, 0) is 23.0 Å². The maximum Gasteiger partial charge on any atom is 0.0115 e. The van der Waals surface area contributed by atoms with Gasteiger partial charge in [-0.2, -0.15) is 0 Å². The summed E-state index contributed by atoms with van der Waals surface area (Å²) < 4.78 is 0. The molecule has 2 unspecified atom stereocenters. The predicted octanol–water partition coefficient (Wildman–Crippen LogP) is 2.80. The molecular formula is C13H19N. The van der Waals surface area contributed by atoms with Crippen molar-refractivity contribution in [2.24, 2.45) is 5.73 Å². The van der Waals surface area contributed by atoms with Crippen LogP contribution in [0.2, 0.25) is 0 Å². The first-order chi connectivity index (χ1) is 6.48. The average Bonchev–Trinajstić information content (AvgIpc) is 2.82. The molecule has 1 aliphatic carbocycles. The summed E-state index contributed by atoms with van der Waals surface area (Å²) in [5, 5.41) is 0. The smallest absolute Gasteiger partial charge is 0.0115 e. The summed E-state index contributed by atoms with van der Waals surface area (Å²) in [6.07, 6.45) is 1.16. The van der Waals surface area contributed by atoms with Crippen LogP contribution >= 0.6 is 0 Å². The summed E-state index contributed by atoms with van der Waals surface area (Å²) in [4.78, 5) is 0. The number of hydrogen-bond acceptors (Lipinski definition) is 1. The first kappa shape index (κ1) is 9.72. The molecule has 2 rings (SSSR count). The monoisotopic (exact) mass is 189 g/mol. The number of hydrogen-bond donors (Lipinski definition) is 1. The standard InChI is InChI=1S/C13H19N/c1-13(2,3)10-6-4-5-9(7-10)11-8-12(11)14/h4-7,11-12H,8,14H2,1-3H3. The number of nitrogens with two attached hydrogens (primary N) is 1. The minimum atomic E-state index is 0.245. The van der Waals surface area contributed by atoms with Crippen molar-refractivity contribution in [2.75, 3.05) is 0 Å². The topological polar surface area (TPSA) is 26.0 Å². The Labute approximate surface area is 86.3 Å². The highest BCUT2D eigenvalue weighted by Crippen LogP contribution is 2.40. The Morgan fingerprint density at radius 2 is 1.93 bits per heavy atom. The molecule has 2 N–H and O–H groups in total. The van der Waals surface area contributed by atoms with E-state index in [1.807, 2.05) is 0 Å². The lowest BCUT2D eigenvalue weighted by molar-refractivity contribution is 0.589. The molecule has 0 aliphatic heterocycles. The van der Waals surface area contributed by atoms with Gasteiger partial charge in [0.2, 0.25) is 0 Å². The molecular weight excluding hydrogens is 170 g/mol. The third-order valence-corrected chi connectivity index (χ3v) is 3.02. The fourth-order valence-corrected chi connectivity index (χ4v) is 1.83. The van der Waals surface area contributed by atoms with E-state index in [9.17, 15) is 0 Å². The van der Waals surface area contributed by atoms with Crippen LogP contribution in [-0.4, -0.2) is 6.04 Å². The number of benzene rings is 1. The van der Waals surface area contributed by atoms with Crippen LogP contribution in [0.5, 0.6) is 0 Å². The maximum absolute atomic E-state index is 5.86. The van der Waals surface area contributed by atoms with Crippen LogP contribution in [0.25, 0.3) is 0 Å². The molecule has 0 amide bonds. The van der Waals surface area contributed by atoms with Gasteiger partial charge in [-0.15, -0.1) is 0 Å². The van der Waals surface area contributed by atoms with Crippen molar-refractivity contribution in [1.29, 1.82) is 0 Å². The van der Waals surface area contributed by atoms with Gasteiger partial charge in [0.15, 0.2) is 0 Å². The molecule has 0 aromatic heterocycles. The van der Waals surface area contributed by atoms with E-state index in [0.717, 1.165) is 6.42 Å². The summed E-state index contributed by atoms with van der Waals surface area (Å²) in [6.45, 7) is 6.75. The summed E-state index contributed by atoms with van der Waals surface area (Å²) in [7, 11) is 0. The van der Waals surface area contributed by atoms with Crippen molar-refractivity contribution in [3.05, 3.63) is 35.4 Å². The van der Waals surface area contributed by atoms with E-state index in [2.05, 4.69) is 45.0 Å². The third kappa shape index (κ3) is 1.83. The largest absolute Gasteiger partial charge is 0.327 e. The Morgan fingerprint density at radius 3 is 2.43 bits per heavy atom. The second-order valence-electron chi connectivity index (χ2n) is 5.38. The second kappa shape index (κ2) is 3.09. The Bertz CT molecular complexity index is 335. The molecule has 2 atom stereocenters. The van der Waals surface area contributed by atoms with Gasteiger partial charge in [-0.25, -0.2) is 0 Å². The minimum Gasteiger partial charge on any atom is -0.327 e. The van der Waals surface area contributed by atoms with E-state index in [-0.39, 0.29) is 5.41 Å². The fourth-order valence-electron chi connectivity index (χ4n) is 1.83. The molecule has 1 heteroatoms. The van der Waals surface area contributed by atoms with Gasteiger partial charge in [0.05, 0.1) is 0 Å². The van der Waals surface area contributed by atoms with E-state index in [0.29, 0.717) is 12.0 Å². The van der Waals surface area contributed by atoms with Crippen LogP contribution in [0.3, 0.4) is 0 Å². The molecule has 0 radical (unpaired) electrons. The van der Waals surface area contributed by atoms with Crippen molar-refractivity contribution in [3.8, 4) is 0 Å². The highest BCUT2D eigenvalue weighted by molar-refractivity contribution is 5.34. The van der Waals surface area contributed by atoms with Gasteiger partial charge in [0.25, 0.3) is 0 Å². The lowest BCUT2D eigenvalue weighted by Gasteiger charge is -2.19. The van der Waals surface area contributed by atoms with Gasteiger partial charge < -0.3 is 5.73 Å². The highest BCUT2D eigenvalue weighted by atomic mass is 14.7. The van der Waals surface area contributed by atoms with Gasteiger partial charge in [0.1, 0.15) is 0 Å². The Hall–Kier alpha value is -0.820. The zero-order valence-corrected chi connectivity index (χ0v) is 9.25. The SMILES string of the molecule is CC(C)(C)c1cccc(C2CC2N)c1. The van der Waals surface area contributed by atoms with E-state index < -0.39 is 0 Å². The van der Waals surface area contributed by atoms with E-state index in [4.69, 9.17) is 5.73 Å². The molecule has 0 heterocycles. The summed E-state index contributed by atoms with van der Waals surface area (Å²) in [5.41, 5.74) is 8.94. The molecule has 0 saturated heterocycles. The van der Waals surface area contributed by atoms with Gasteiger partial charge in [-0.3, -0.25) is 0 Å². The fraction of sp³-hybridized carbons (Fsp3) is 0.538. The van der Waals surface area contributed by atoms with Gasteiger partial charge >= 0.3 is 0 Å². The Kier molecular flexibility index (Phi) is 2.15. The van der Waals surface area contributed by atoms with E-state index >= 15 is 0 Å². The van der Waals surface area contributed by atoms with Gasteiger partial charge in [0, 0.05) is 12.0 Å². The van der Waals surface area contributed by atoms with E-state index in [1.165, 1.54) is 11.1 Å². The third-order valence-electron chi connectivity index (χ3n) is 3.02. The van der Waals surface area contributed by atoms with Crippen LogP contribution < -0.4 is 5.73 Å². The van der Waals surface area contributed by atoms with Crippen molar-refractivity contribution >= 4 is 0 Å². The van der Waals surface area contributed by atoms with Crippen LogP contribution in [0.15, 0.2) is 24.3 Å². The Balaban J connectivity index is 2.28. The molecule has 1 aliphatic rings. The summed E-state index contributed by atoms with van der Waals surface area (Å²) in [6, 6.07) is 9.29. The normalized spacial score (nSPS) is 26.3. The molecule has 76 valence electrons. The van der Waals surface area contributed by atoms with Crippen LogP contribution in [0.1, 0.15) is 44.2 Å². The predicted molar refractivity (Wildman–Crippen MR) is 60.5 cm³/mol. The summed E-state index contributed by atoms with van der Waals surface area (Å²) >= 11 is 0. The highest BCUT2D eigenvalue weighted by Gasteiger charge is 2.35. The van der Waals surface area contributed by atoms with Crippen molar-refractivity contribution in [1.82, 2.24) is 0 Å². The van der Waals surface area contributed by atoms with Crippen LogP contribution in [0.4, 0.5) is 0 Å². The zero-order valence-electron chi connectivity index (χ0n) is 9.25. The first-order valence-corrected chi connectivity index (χ1v) is 5.34. The lowest BCUT2D eigenvalue weighted by atomic mass is 9.86. The van der Waals surface area contributed by atoms with Crippen molar-refractivity contribution in [2.45, 2.75) is 44.6 Å². The molecule has 0 bridgehead atoms. The molecule has 1 aromatic rings. The first-order valence-electron chi connectivity index (χ1n) is 5.34. The molecule has 0 spiro atoms. The molecule has 1 fully saturated rings. The molecule has 1 aromatic carbocycles. The quantitative estimate of drug-likeness (QED) is 0.722. The molecule has 1 saturated carbocycles. The second-order valence-corrected chi connectivity index (χ2v) is 5.38. The van der Waals surface area contributed by atoms with Gasteiger partial charge in [-0.1, -0.05) is 45.0 Å². The number of rotatable bonds is 1. The summed E-state index contributed by atoms with van der Waals surface area (Å²) in [5.74, 6) is 0.622. The molecule has 14 heavy (non-hydrogen) atoms. The maximum atomic E-state index is 5.86. The molecule has 1 nitrogen and oxygen atoms in total. The Morgan fingerprint density at radius 1 is 1.29 bits per heavy atom. The lowest BCUT2D eigenvalue weighted by Crippen LogP contribution is -2.11. The average molecular weight is 189 g/mol.